The molecular formula is C59H39NO. The van der Waals surface area contributed by atoms with E-state index < -0.39 is 5.41 Å². The number of benzene rings is 10. The number of hydrogen-bond acceptors (Lipinski definition) is 2. The summed E-state index contributed by atoms with van der Waals surface area (Å²) < 4.78 is 7.14. The van der Waals surface area contributed by atoms with Gasteiger partial charge in [-0.1, -0.05) is 194 Å². The Bertz CT molecular complexity index is 3370. The van der Waals surface area contributed by atoms with Crippen molar-refractivity contribution in [3.63, 3.8) is 0 Å². The van der Waals surface area contributed by atoms with Crippen molar-refractivity contribution in [1.29, 1.82) is 0 Å². The van der Waals surface area contributed by atoms with Gasteiger partial charge in [-0.3, -0.25) is 0 Å². The standard InChI is InChI=1S/C59H39NO/c1-5-20-40(21-6-1)46-29-15-16-31-48(46)51-38-41-22-13-14-30-47(41)56-57-54(34-19-35-55(57)61-58(51)56)60(44-27-11-4-12-28-44)45-36-37-50-49-32-17-18-33-52(49)59(53(50)39-45,42-23-7-2-8-24-42)43-25-9-3-10-26-43/h1-39H. The van der Waals surface area contributed by atoms with Gasteiger partial charge in [-0.15, -0.1) is 0 Å². The van der Waals surface area contributed by atoms with E-state index in [1.165, 1.54) is 49.9 Å². The molecule has 0 saturated heterocycles. The second-order valence-electron chi connectivity index (χ2n) is 15.9. The van der Waals surface area contributed by atoms with E-state index in [0.717, 1.165) is 55.5 Å². The van der Waals surface area contributed by atoms with Gasteiger partial charge in [-0.05, 0) is 103 Å². The molecule has 2 heteroatoms. The first-order valence-electron chi connectivity index (χ1n) is 21.0. The fraction of sp³-hybridized carbons (Fsp3) is 0.0169. The van der Waals surface area contributed by atoms with Crippen LogP contribution in [0, 0.1) is 0 Å². The fourth-order valence-electron chi connectivity index (χ4n) is 10.2. The van der Waals surface area contributed by atoms with E-state index in [4.69, 9.17) is 4.42 Å². The molecule has 10 aromatic carbocycles. The van der Waals surface area contributed by atoms with Gasteiger partial charge in [0.2, 0.25) is 0 Å². The van der Waals surface area contributed by atoms with E-state index in [0.29, 0.717) is 0 Å². The quantitative estimate of drug-likeness (QED) is 0.160. The van der Waals surface area contributed by atoms with Crippen LogP contribution in [0.2, 0.25) is 0 Å². The van der Waals surface area contributed by atoms with Crippen molar-refractivity contribution in [1.82, 2.24) is 0 Å². The summed E-state index contributed by atoms with van der Waals surface area (Å²) in [5.41, 5.74) is 16.5. The number of furan rings is 1. The third-order valence-electron chi connectivity index (χ3n) is 12.7. The maximum absolute atomic E-state index is 7.14. The number of fused-ring (bicyclic) bond motifs is 8. The molecule has 0 N–H and O–H groups in total. The fourth-order valence-corrected chi connectivity index (χ4v) is 10.2. The van der Waals surface area contributed by atoms with Crippen molar-refractivity contribution in [2.75, 3.05) is 4.90 Å². The molecule has 0 saturated carbocycles. The molecule has 0 unspecified atom stereocenters. The summed E-state index contributed by atoms with van der Waals surface area (Å²) in [5, 5.41) is 4.52. The first-order chi connectivity index (χ1) is 30.3. The van der Waals surface area contributed by atoms with E-state index in [1.54, 1.807) is 0 Å². The van der Waals surface area contributed by atoms with Gasteiger partial charge in [-0.2, -0.15) is 0 Å². The smallest absolute Gasteiger partial charge is 0.143 e. The lowest BCUT2D eigenvalue weighted by Gasteiger charge is -2.35. The Kier molecular flexibility index (Phi) is 8.11. The molecule has 1 aliphatic carbocycles. The van der Waals surface area contributed by atoms with Crippen molar-refractivity contribution >= 4 is 49.8 Å². The van der Waals surface area contributed by atoms with Crippen LogP contribution in [-0.4, -0.2) is 0 Å². The first kappa shape index (κ1) is 35.0. The van der Waals surface area contributed by atoms with Crippen LogP contribution in [0.15, 0.2) is 241 Å². The summed E-state index contributed by atoms with van der Waals surface area (Å²) in [6, 6.07) is 85.8. The first-order valence-corrected chi connectivity index (χ1v) is 21.0. The van der Waals surface area contributed by atoms with Crippen molar-refractivity contribution in [2.45, 2.75) is 5.41 Å². The number of nitrogens with zero attached hydrogens (tertiary/aromatic N) is 1. The molecule has 286 valence electrons. The molecule has 0 fully saturated rings. The van der Waals surface area contributed by atoms with E-state index in [1.807, 2.05) is 0 Å². The summed E-state index contributed by atoms with van der Waals surface area (Å²) >= 11 is 0. The Morgan fingerprint density at radius 2 is 0.951 bits per heavy atom. The zero-order chi connectivity index (χ0) is 40.3. The minimum absolute atomic E-state index is 0.529. The summed E-state index contributed by atoms with van der Waals surface area (Å²) in [4.78, 5) is 2.43. The van der Waals surface area contributed by atoms with E-state index in [-0.39, 0.29) is 0 Å². The predicted octanol–water partition coefficient (Wildman–Crippen LogP) is 15.9. The van der Waals surface area contributed by atoms with Gasteiger partial charge in [0.15, 0.2) is 0 Å². The molecule has 0 aliphatic heterocycles. The van der Waals surface area contributed by atoms with Crippen LogP contribution in [0.5, 0.6) is 0 Å². The van der Waals surface area contributed by atoms with Gasteiger partial charge in [0.25, 0.3) is 0 Å². The van der Waals surface area contributed by atoms with E-state index >= 15 is 0 Å². The number of rotatable bonds is 7. The maximum Gasteiger partial charge on any atom is 0.143 e. The monoisotopic (exact) mass is 777 g/mol. The molecule has 12 rings (SSSR count). The highest BCUT2D eigenvalue weighted by molar-refractivity contribution is 6.26. The maximum atomic E-state index is 7.14. The largest absolute Gasteiger partial charge is 0.455 e. The van der Waals surface area contributed by atoms with Gasteiger partial charge in [-0.25, -0.2) is 0 Å². The number of hydrogen-bond donors (Lipinski definition) is 0. The van der Waals surface area contributed by atoms with E-state index in [2.05, 4.69) is 241 Å². The summed E-state index contributed by atoms with van der Waals surface area (Å²) in [6.07, 6.45) is 0. The Hall–Kier alpha value is -7.94. The molecule has 2 nitrogen and oxygen atoms in total. The van der Waals surface area contributed by atoms with Crippen molar-refractivity contribution in [3.05, 3.63) is 259 Å². The minimum atomic E-state index is -0.529. The highest BCUT2D eigenvalue weighted by atomic mass is 16.3. The van der Waals surface area contributed by atoms with Gasteiger partial charge in [0.05, 0.1) is 16.5 Å². The summed E-state index contributed by atoms with van der Waals surface area (Å²) in [5.74, 6) is 0. The molecule has 0 atom stereocenters. The third-order valence-corrected chi connectivity index (χ3v) is 12.7. The lowest BCUT2D eigenvalue weighted by molar-refractivity contribution is 0.670. The average molecular weight is 778 g/mol. The third kappa shape index (κ3) is 5.36. The van der Waals surface area contributed by atoms with Gasteiger partial charge in [0.1, 0.15) is 11.2 Å². The highest BCUT2D eigenvalue weighted by Gasteiger charge is 2.46. The number of anilines is 3. The Morgan fingerprint density at radius 3 is 1.69 bits per heavy atom. The second-order valence-corrected chi connectivity index (χ2v) is 15.9. The van der Waals surface area contributed by atoms with Crippen LogP contribution < -0.4 is 4.90 Å². The zero-order valence-corrected chi connectivity index (χ0v) is 33.4. The SMILES string of the molecule is c1ccc(-c2ccccc2-c2cc3ccccc3c3c2oc2cccc(N(c4ccccc4)c4ccc5c(c4)C(c4ccccc4)(c4ccccc4)c4ccccc4-5)c23)cc1. The van der Waals surface area contributed by atoms with Gasteiger partial charge < -0.3 is 9.32 Å². The summed E-state index contributed by atoms with van der Waals surface area (Å²) in [7, 11) is 0. The lowest BCUT2D eigenvalue weighted by Crippen LogP contribution is -2.28. The van der Waals surface area contributed by atoms with Crippen LogP contribution in [0.1, 0.15) is 22.3 Å². The normalized spacial score (nSPS) is 12.7. The minimum Gasteiger partial charge on any atom is -0.455 e. The van der Waals surface area contributed by atoms with Crippen LogP contribution >= 0.6 is 0 Å². The molecule has 1 heterocycles. The van der Waals surface area contributed by atoms with Crippen molar-refractivity contribution in [3.8, 4) is 33.4 Å². The topological polar surface area (TPSA) is 16.4 Å². The van der Waals surface area contributed by atoms with E-state index in [9.17, 15) is 0 Å². The molecule has 0 radical (unpaired) electrons. The number of para-hydroxylation sites is 1. The van der Waals surface area contributed by atoms with Crippen LogP contribution in [0.4, 0.5) is 17.1 Å². The second kappa shape index (κ2) is 14.1. The van der Waals surface area contributed by atoms with Crippen LogP contribution in [0.3, 0.4) is 0 Å². The average Bonchev–Trinajstić information content (AvgIpc) is 3.88. The Balaban J connectivity index is 1.16. The summed E-state index contributed by atoms with van der Waals surface area (Å²) in [6.45, 7) is 0. The Morgan fingerprint density at radius 1 is 0.361 bits per heavy atom. The van der Waals surface area contributed by atoms with Gasteiger partial charge >= 0.3 is 0 Å². The lowest BCUT2D eigenvalue weighted by atomic mass is 9.67. The van der Waals surface area contributed by atoms with Crippen molar-refractivity contribution in [2.24, 2.45) is 0 Å². The highest BCUT2D eigenvalue weighted by Crippen LogP contribution is 2.58. The molecule has 11 aromatic rings. The predicted molar refractivity (Wildman–Crippen MR) is 254 cm³/mol. The molecule has 1 aliphatic rings. The molecule has 61 heavy (non-hydrogen) atoms. The zero-order valence-electron chi connectivity index (χ0n) is 33.4. The Labute approximate surface area is 355 Å². The van der Waals surface area contributed by atoms with Crippen LogP contribution in [0.25, 0.3) is 66.1 Å². The van der Waals surface area contributed by atoms with Gasteiger partial charge in [0, 0.05) is 22.3 Å². The van der Waals surface area contributed by atoms with Crippen LogP contribution in [-0.2, 0) is 5.41 Å². The molecule has 0 bridgehead atoms. The molecule has 0 spiro atoms. The molecular weight excluding hydrogens is 739 g/mol. The van der Waals surface area contributed by atoms with Crippen molar-refractivity contribution < 1.29 is 4.42 Å². The molecule has 0 amide bonds. The molecule has 1 aromatic heterocycles.